The minimum absolute atomic E-state index is 0.135. The summed E-state index contributed by atoms with van der Waals surface area (Å²) in [6, 6.07) is 0.290. The zero-order valence-corrected chi connectivity index (χ0v) is 12.0. The van der Waals surface area contributed by atoms with E-state index >= 15 is 0 Å². The lowest BCUT2D eigenvalue weighted by molar-refractivity contribution is -0.138. The number of methoxy groups -OCH3 is 1. The van der Waals surface area contributed by atoms with Crippen molar-refractivity contribution in [2.45, 2.75) is 58.6 Å². The molecule has 0 saturated carbocycles. The minimum atomic E-state index is -0.407. The number of amides is 1. The monoisotopic (exact) mass is 244 g/mol. The Labute approximate surface area is 105 Å². The molecular weight excluding hydrogens is 216 g/mol. The number of nitrogens with zero attached hydrogens (tertiary/aromatic N) is 1. The molecule has 2 N–H and O–H groups in total. The molecule has 0 aromatic carbocycles. The molecule has 0 rings (SSSR count). The number of hydrogen-bond acceptors (Lipinski definition) is 3. The molecule has 0 heterocycles. The molecule has 0 aliphatic rings. The van der Waals surface area contributed by atoms with Crippen molar-refractivity contribution < 1.29 is 9.53 Å². The van der Waals surface area contributed by atoms with E-state index in [9.17, 15) is 4.79 Å². The van der Waals surface area contributed by atoms with Gasteiger partial charge in [0.25, 0.3) is 0 Å². The Morgan fingerprint density at radius 1 is 1.35 bits per heavy atom. The summed E-state index contributed by atoms with van der Waals surface area (Å²) in [6.45, 7) is 9.20. The average Bonchev–Trinajstić information content (AvgIpc) is 2.29. The predicted molar refractivity (Wildman–Crippen MR) is 70.8 cm³/mol. The van der Waals surface area contributed by atoms with Crippen LogP contribution in [0.3, 0.4) is 0 Å². The van der Waals surface area contributed by atoms with E-state index in [1.807, 2.05) is 18.7 Å². The van der Waals surface area contributed by atoms with Gasteiger partial charge in [-0.2, -0.15) is 0 Å². The third-order valence-corrected chi connectivity index (χ3v) is 3.20. The van der Waals surface area contributed by atoms with Gasteiger partial charge in [0.2, 0.25) is 5.91 Å². The van der Waals surface area contributed by atoms with Crippen molar-refractivity contribution in [3.8, 4) is 0 Å². The van der Waals surface area contributed by atoms with Gasteiger partial charge in [0, 0.05) is 26.2 Å². The van der Waals surface area contributed by atoms with E-state index in [4.69, 9.17) is 10.5 Å². The molecule has 0 aromatic rings. The van der Waals surface area contributed by atoms with Crippen molar-refractivity contribution in [1.29, 1.82) is 0 Å². The van der Waals surface area contributed by atoms with Crippen LogP contribution < -0.4 is 5.73 Å². The summed E-state index contributed by atoms with van der Waals surface area (Å²) < 4.78 is 5.30. The van der Waals surface area contributed by atoms with Gasteiger partial charge < -0.3 is 15.4 Å². The smallest absolute Gasteiger partial charge is 0.225 e. The van der Waals surface area contributed by atoms with Gasteiger partial charge >= 0.3 is 0 Å². The van der Waals surface area contributed by atoms with Crippen LogP contribution in [0.2, 0.25) is 0 Å². The minimum Gasteiger partial charge on any atom is -0.378 e. The van der Waals surface area contributed by atoms with Crippen LogP contribution in [-0.4, -0.2) is 42.6 Å². The van der Waals surface area contributed by atoms with Crippen molar-refractivity contribution in [2.24, 2.45) is 5.73 Å². The maximum Gasteiger partial charge on any atom is 0.225 e. The highest BCUT2D eigenvalue weighted by atomic mass is 16.5. The van der Waals surface area contributed by atoms with Gasteiger partial charge in [-0.3, -0.25) is 4.79 Å². The molecule has 0 aliphatic carbocycles. The van der Waals surface area contributed by atoms with Gasteiger partial charge in [0.1, 0.15) is 0 Å². The number of hydrogen-bond donors (Lipinski definition) is 1. The molecule has 0 fully saturated rings. The molecule has 0 aliphatic heterocycles. The number of rotatable bonds is 8. The molecule has 0 radical (unpaired) electrons. The highest BCUT2D eigenvalue weighted by molar-refractivity contribution is 5.77. The van der Waals surface area contributed by atoms with E-state index in [0.29, 0.717) is 25.6 Å². The van der Waals surface area contributed by atoms with E-state index in [2.05, 4.69) is 13.8 Å². The molecule has 4 heteroatoms. The van der Waals surface area contributed by atoms with Gasteiger partial charge in [0.05, 0.1) is 12.0 Å². The lowest BCUT2D eigenvalue weighted by Crippen LogP contribution is -2.45. The maximum absolute atomic E-state index is 12.3. The van der Waals surface area contributed by atoms with Crippen LogP contribution in [0.25, 0.3) is 0 Å². The SMILES string of the molecule is CCC(CC)N(CCN)C(=O)CC(C)(C)OC. The van der Waals surface area contributed by atoms with E-state index < -0.39 is 5.60 Å². The van der Waals surface area contributed by atoms with Crippen molar-refractivity contribution >= 4 is 5.91 Å². The Hall–Kier alpha value is -0.610. The molecule has 4 nitrogen and oxygen atoms in total. The fourth-order valence-electron chi connectivity index (χ4n) is 1.92. The largest absolute Gasteiger partial charge is 0.378 e. The van der Waals surface area contributed by atoms with Gasteiger partial charge in [0.15, 0.2) is 0 Å². The van der Waals surface area contributed by atoms with Crippen LogP contribution in [0, 0.1) is 0 Å². The Bertz CT molecular complexity index is 225. The van der Waals surface area contributed by atoms with Crippen LogP contribution in [-0.2, 0) is 9.53 Å². The third kappa shape index (κ3) is 5.50. The Kier molecular flexibility index (Phi) is 7.39. The van der Waals surface area contributed by atoms with Gasteiger partial charge in [-0.05, 0) is 26.7 Å². The van der Waals surface area contributed by atoms with Gasteiger partial charge in [-0.25, -0.2) is 0 Å². The first-order valence-corrected chi connectivity index (χ1v) is 6.46. The second kappa shape index (κ2) is 7.67. The normalized spacial score (nSPS) is 11.9. The number of ether oxygens (including phenoxy) is 1. The lowest BCUT2D eigenvalue weighted by atomic mass is 10.0. The predicted octanol–water partition coefficient (Wildman–Crippen LogP) is 1.78. The van der Waals surface area contributed by atoms with Gasteiger partial charge in [-0.15, -0.1) is 0 Å². The van der Waals surface area contributed by atoms with Crippen LogP contribution in [0.4, 0.5) is 0 Å². The molecule has 0 bridgehead atoms. The fourth-order valence-corrected chi connectivity index (χ4v) is 1.92. The van der Waals surface area contributed by atoms with Crippen LogP contribution in [0.1, 0.15) is 47.0 Å². The summed E-state index contributed by atoms with van der Waals surface area (Å²) >= 11 is 0. The number of carbonyl (C=O) groups is 1. The van der Waals surface area contributed by atoms with E-state index in [1.165, 1.54) is 0 Å². The zero-order valence-electron chi connectivity index (χ0n) is 12.0. The topological polar surface area (TPSA) is 55.6 Å². The molecular formula is C13H28N2O2. The molecule has 17 heavy (non-hydrogen) atoms. The van der Waals surface area contributed by atoms with E-state index in [-0.39, 0.29) is 5.91 Å². The van der Waals surface area contributed by atoms with Crippen molar-refractivity contribution in [3.05, 3.63) is 0 Å². The first-order chi connectivity index (χ1) is 7.91. The number of nitrogens with two attached hydrogens (primary N) is 1. The Morgan fingerprint density at radius 3 is 2.24 bits per heavy atom. The first-order valence-electron chi connectivity index (χ1n) is 6.46. The van der Waals surface area contributed by atoms with Crippen LogP contribution >= 0.6 is 0 Å². The second-order valence-electron chi connectivity index (χ2n) is 4.99. The standard InChI is InChI=1S/C13H28N2O2/c1-6-11(7-2)15(9-8-14)12(16)10-13(3,4)17-5/h11H,6-10,14H2,1-5H3. The molecule has 0 unspecified atom stereocenters. The molecule has 1 amide bonds. The highest BCUT2D eigenvalue weighted by Crippen LogP contribution is 2.17. The average molecular weight is 244 g/mol. The Morgan fingerprint density at radius 2 is 1.88 bits per heavy atom. The van der Waals surface area contributed by atoms with Crippen LogP contribution in [0.5, 0.6) is 0 Å². The van der Waals surface area contributed by atoms with Crippen molar-refractivity contribution in [1.82, 2.24) is 4.90 Å². The molecule has 0 saturated heterocycles. The fraction of sp³-hybridized carbons (Fsp3) is 0.923. The quantitative estimate of drug-likeness (QED) is 0.708. The van der Waals surface area contributed by atoms with E-state index in [0.717, 1.165) is 12.8 Å². The van der Waals surface area contributed by atoms with Crippen LogP contribution in [0.15, 0.2) is 0 Å². The van der Waals surface area contributed by atoms with E-state index in [1.54, 1.807) is 7.11 Å². The molecule has 0 atom stereocenters. The number of carbonyl (C=O) groups excluding carboxylic acids is 1. The first kappa shape index (κ1) is 16.4. The summed E-state index contributed by atoms with van der Waals surface area (Å²) in [4.78, 5) is 14.2. The summed E-state index contributed by atoms with van der Waals surface area (Å²) in [7, 11) is 1.64. The Balaban J connectivity index is 4.64. The highest BCUT2D eigenvalue weighted by Gasteiger charge is 2.27. The third-order valence-electron chi connectivity index (χ3n) is 3.20. The van der Waals surface area contributed by atoms with Crippen molar-refractivity contribution in [2.75, 3.05) is 20.2 Å². The van der Waals surface area contributed by atoms with Crippen molar-refractivity contribution in [3.63, 3.8) is 0 Å². The second-order valence-corrected chi connectivity index (χ2v) is 4.99. The summed E-state index contributed by atoms with van der Waals surface area (Å²) in [5.41, 5.74) is 5.18. The molecule has 0 aromatic heterocycles. The maximum atomic E-state index is 12.3. The summed E-state index contributed by atoms with van der Waals surface area (Å²) in [6.07, 6.45) is 2.34. The van der Waals surface area contributed by atoms with Gasteiger partial charge in [-0.1, -0.05) is 13.8 Å². The summed E-state index contributed by atoms with van der Waals surface area (Å²) in [5.74, 6) is 0.135. The lowest BCUT2D eigenvalue weighted by Gasteiger charge is -2.33. The summed E-state index contributed by atoms with van der Waals surface area (Å²) in [5, 5.41) is 0. The zero-order chi connectivity index (χ0) is 13.5. The molecule has 0 spiro atoms. The molecule has 102 valence electrons.